The second kappa shape index (κ2) is 9.87. The van der Waals surface area contributed by atoms with E-state index in [4.69, 9.17) is 9.84 Å². The number of hydrogen-bond donors (Lipinski definition) is 0. The Morgan fingerprint density at radius 2 is 1.56 bits per heavy atom. The van der Waals surface area contributed by atoms with Crippen LogP contribution in [-0.4, -0.2) is 27.9 Å². The normalized spacial score (nSPS) is 20.4. The van der Waals surface area contributed by atoms with Crippen LogP contribution in [0.3, 0.4) is 0 Å². The van der Waals surface area contributed by atoms with Crippen molar-refractivity contribution in [3.63, 3.8) is 0 Å². The van der Waals surface area contributed by atoms with E-state index >= 15 is 0 Å². The first-order valence-corrected chi connectivity index (χ1v) is 13.2. The number of ether oxygens (including phenoxy) is 1. The molecule has 1 amide bonds. The Labute approximate surface area is 219 Å². The fourth-order valence-corrected chi connectivity index (χ4v) is 6.84. The van der Waals surface area contributed by atoms with Gasteiger partial charge in [-0.25, -0.2) is 9.80 Å². The monoisotopic (exact) mass is 515 g/mol. The van der Waals surface area contributed by atoms with Gasteiger partial charge >= 0.3 is 5.97 Å². The zero-order valence-electron chi connectivity index (χ0n) is 20.2. The SMILES string of the molecule is CCOC(=O)C1=NN(c2ccc(C)cc2)C2(SC(=Cc3ccc(C)cc3)C(=O)N2c2ccccc2)S1. The van der Waals surface area contributed by atoms with E-state index in [1.165, 1.54) is 23.5 Å². The van der Waals surface area contributed by atoms with Crippen LogP contribution < -0.4 is 9.91 Å². The molecule has 0 saturated carbocycles. The van der Waals surface area contributed by atoms with Crippen molar-refractivity contribution in [1.29, 1.82) is 0 Å². The van der Waals surface area contributed by atoms with Gasteiger partial charge in [-0.3, -0.25) is 9.69 Å². The number of aryl methyl sites for hydroxylation is 2. The number of nitrogens with zero attached hydrogens (tertiary/aromatic N) is 3. The van der Waals surface area contributed by atoms with E-state index in [9.17, 15) is 9.59 Å². The van der Waals surface area contributed by atoms with Crippen LogP contribution in [-0.2, 0) is 14.3 Å². The number of anilines is 2. The molecule has 0 radical (unpaired) electrons. The fraction of sp³-hybridized carbons (Fsp3) is 0.179. The predicted molar refractivity (Wildman–Crippen MR) is 149 cm³/mol. The zero-order chi connectivity index (χ0) is 25.3. The number of para-hydroxylation sites is 1. The van der Waals surface area contributed by atoms with E-state index in [1.807, 2.05) is 98.8 Å². The number of hydrogen-bond acceptors (Lipinski definition) is 7. The maximum atomic E-state index is 14.0. The lowest BCUT2D eigenvalue weighted by molar-refractivity contribution is -0.134. The Hall–Kier alpha value is -3.49. The van der Waals surface area contributed by atoms with Crippen LogP contribution >= 0.6 is 23.5 Å². The number of carbonyl (C=O) groups is 2. The first kappa shape index (κ1) is 24.2. The molecule has 1 unspecified atom stereocenters. The molecule has 2 aliphatic rings. The van der Waals surface area contributed by atoms with Gasteiger partial charge in [0.05, 0.1) is 17.2 Å². The first-order chi connectivity index (χ1) is 17.4. The summed E-state index contributed by atoms with van der Waals surface area (Å²) in [5.41, 5.74) is 4.66. The molecule has 1 saturated heterocycles. The van der Waals surface area contributed by atoms with Crippen LogP contribution in [0.1, 0.15) is 23.6 Å². The van der Waals surface area contributed by atoms with Gasteiger partial charge in [0.1, 0.15) is 0 Å². The molecule has 8 heteroatoms. The standard InChI is InChI=1S/C28H25N3O3S2/c1-4-34-27(33)25-29-31(23-16-12-20(3)13-17-23)28(36-25)30(22-8-6-5-7-9-22)26(32)24(35-28)18-21-14-10-19(2)11-15-21/h5-18H,4H2,1-3H3. The summed E-state index contributed by atoms with van der Waals surface area (Å²) in [7, 11) is 0. The summed E-state index contributed by atoms with van der Waals surface area (Å²) in [5.74, 6) is -0.662. The van der Waals surface area contributed by atoms with Crippen molar-refractivity contribution in [2.24, 2.45) is 5.10 Å². The molecule has 1 fully saturated rings. The van der Waals surface area contributed by atoms with Gasteiger partial charge in [-0.05, 0) is 68.4 Å². The molecular formula is C28H25N3O3S2. The smallest absolute Gasteiger partial charge is 0.365 e. The molecule has 3 aromatic carbocycles. The van der Waals surface area contributed by atoms with Crippen molar-refractivity contribution in [1.82, 2.24) is 0 Å². The molecule has 0 aromatic heterocycles. The van der Waals surface area contributed by atoms with Gasteiger partial charge < -0.3 is 4.74 Å². The van der Waals surface area contributed by atoms with Crippen molar-refractivity contribution < 1.29 is 14.3 Å². The van der Waals surface area contributed by atoms with Crippen LogP contribution in [0.5, 0.6) is 0 Å². The molecular weight excluding hydrogens is 490 g/mol. The minimum atomic E-state index is -1.08. The summed E-state index contributed by atoms with van der Waals surface area (Å²) in [4.78, 5) is 29.1. The zero-order valence-corrected chi connectivity index (χ0v) is 21.8. The maximum absolute atomic E-state index is 14.0. The Morgan fingerprint density at radius 1 is 0.917 bits per heavy atom. The number of thioether (sulfide) groups is 2. The van der Waals surface area contributed by atoms with E-state index in [0.29, 0.717) is 10.6 Å². The Morgan fingerprint density at radius 3 is 2.19 bits per heavy atom. The molecule has 2 heterocycles. The third-order valence-corrected chi connectivity index (χ3v) is 8.44. The second-order valence-corrected chi connectivity index (χ2v) is 11.1. The third-order valence-electron chi connectivity index (χ3n) is 5.75. The summed E-state index contributed by atoms with van der Waals surface area (Å²) >= 11 is 2.61. The molecule has 3 aromatic rings. The molecule has 2 aliphatic heterocycles. The molecule has 6 nitrogen and oxygen atoms in total. The Balaban J connectivity index is 1.66. The Kier molecular flexibility index (Phi) is 6.64. The highest BCUT2D eigenvalue weighted by molar-refractivity contribution is 8.29. The molecule has 1 atom stereocenters. The van der Waals surface area contributed by atoms with Crippen LogP contribution in [0, 0.1) is 13.8 Å². The minimum absolute atomic E-state index is 0.156. The molecule has 182 valence electrons. The number of carbonyl (C=O) groups excluding carboxylic acids is 2. The highest BCUT2D eigenvalue weighted by atomic mass is 32.2. The van der Waals surface area contributed by atoms with Crippen LogP contribution in [0.25, 0.3) is 6.08 Å². The number of rotatable bonds is 5. The highest BCUT2D eigenvalue weighted by Gasteiger charge is 2.60. The predicted octanol–water partition coefficient (Wildman–Crippen LogP) is 6.17. The number of benzene rings is 3. The number of esters is 1. The number of hydrazone groups is 1. The van der Waals surface area contributed by atoms with E-state index in [2.05, 4.69) is 0 Å². The lowest BCUT2D eigenvalue weighted by atomic mass is 10.1. The van der Waals surface area contributed by atoms with Crippen molar-refractivity contribution in [3.8, 4) is 0 Å². The topological polar surface area (TPSA) is 62.2 Å². The van der Waals surface area contributed by atoms with E-state index in [-0.39, 0.29) is 17.6 Å². The van der Waals surface area contributed by atoms with Gasteiger partial charge in [-0.2, -0.15) is 5.10 Å². The van der Waals surface area contributed by atoms with E-state index in [0.717, 1.165) is 22.4 Å². The quantitative estimate of drug-likeness (QED) is 0.299. The van der Waals surface area contributed by atoms with E-state index in [1.54, 1.807) is 16.8 Å². The molecule has 5 rings (SSSR count). The largest absolute Gasteiger partial charge is 0.461 e. The summed E-state index contributed by atoms with van der Waals surface area (Å²) in [6.07, 6.45) is 1.90. The second-order valence-electron chi connectivity index (χ2n) is 8.42. The Bertz CT molecular complexity index is 1360. The van der Waals surface area contributed by atoms with Crippen molar-refractivity contribution in [3.05, 3.63) is 100 Å². The van der Waals surface area contributed by atoms with Gasteiger partial charge in [0.25, 0.3) is 5.91 Å². The summed E-state index contributed by atoms with van der Waals surface area (Å²) in [5, 5.41) is 6.66. The van der Waals surface area contributed by atoms with Crippen molar-refractivity contribution >= 4 is 57.9 Å². The summed E-state index contributed by atoms with van der Waals surface area (Å²) < 4.78 is 4.21. The summed E-state index contributed by atoms with van der Waals surface area (Å²) in [6.45, 7) is 6.04. The van der Waals surface area contributed by atoms with Gasteiger partial charge in [-0.1, -0.05) is 77.5 Å². The van der Waals surface area contributed by atoms with Gasteiger partial charge in [0.15, 0.2) is 0 Å². The van der Waals surface area contributed by atoms with Crippen LogP contribution in [0.4, 0.5) is 11.4 Å². The lowest BCUT2D eigenvalue weighted by Crippen LogP contribution is -2.51. The lowest BCUT2D eigenvalue weighted by Gasteiger charge is -2.38. The molecule has 0 bridgehead atoms. The average molecular weight is 516 g/mol. The fourth-order valence-electron chi connectivity index (χ4n) is 3.96. The van der Waals surface area contributed by atoms with Crippen molar-refractivity contribution in [2.75, 3.05) is 16.5 Å². The maximum Gasteiger partial charge on any atom is 0.365 e. The van der Waals surface area contributed by atoms with Gasteiger partial charge in [0.2, 0.25) is 9.37 Å². The van der Waals surface area contributed by atoms with Gasteiger partial charge in [0, 0.05) is 5.69 Å². The summed E-state index contributed by atoms with van der Waals surface area (Å²) in [6, 6.07) is 25.4. The van der Waals surface area contributed by atoms with E-state index < -0.39 is 10.3 Å². The molecule has 0 N–H and O–H groups in total. The van der Waals surface area contributed by atoms with Gasteiger partial charge in [-0.15, -0.1) is 0 Å². The molecule has 1 spiro atoms. The first-order valence-electron chi connectivity index (χ1n) is 11.6. The number of amides is 1. The highest BCUT2D eigenvalue weighted by Crippen LogP contribution is 2.59. The van der Waals surface area contributed by atoms with Crippen molar-refractivity contribution in [2.45, 2.75) is 25.1 Å². The van der Waals surface area contributed by atoms with Crippen LogP contribution in [0.2, 0.25) is 0 Å². The average Bonchev–Trinajstić information content (AvgIpc) is 3.39. The molecule has 0 aliphatic carbocycles. The third kappa shape index (κ3) is 4.42. The minimum Gasteiger partial charge on any atom is -0.461 e. The van der Waals surface area contributed by atoms with Crippen LogP contribution in [0.15, 0.2) is 88.9 Å². The molecule has 36 heavy (non-hydrogen) atoms.